The van der Waals surface area contributed by atoms with Crippen molar-refractivity contribution in [1.82, 2.24) is 30.2 Å². The lowest BCUT2D eigenvalue weighted by molar-refractivity contribution is -0.437. The molecule has 5 heterocycles. The summed E-state index contributed by atoms with van der Waals surface area (Å²) in [6, 6.07) is 7.60. The Morgan fingerprint density at radius 3 is 2.10 bits per heavy atom. The number of carbonyl (C=O) groups is 8. The minimum atomic E-state index is -4.37. The lowest BCUT2D eigenvalue weighted by Crippen LogP contribution is -2.58. The smallest absolute Gasteiger partial charge is 0.294 e. The number of nitrogens with zero attached hydrogens (tertiary/aromatic N) is 7. The number of hydrogen-bond acceptors (Lipinski definition) is 18. The molecule has 0 unspecified atom stereocenters. The van der Waals surface area contributed by atoms with Crippen molar-refractivity contribution in [2.45, 2.75) is 197 Å². The third-order valence-corrected chi connectivity index (χ3v) is 24.3. The van der Waals surface area contributed by atoms with Gasteiger partial charge in [0.05, 0.1) is 28.5 Å². The van der Waals surface area contributed by atoms with Gasteiger partial charge in [0.1, 0.15) is 42.3 Å². The fraction of sp³-hybridized carbons (Fsp3) is 0.595. The van der Waals surface area contributed by atoms with E-state index < -0.39 is 78.9 Å². The third-order valence-electron chi connectivity index (χ3n) is 20.1. The predicted molar refractivity (Wildman–Crippen MR) is 412 cm³/mol. The number of nitrogens with two attached hydrogens (primary N) is 4. The molecule has 0 aliphatic carbocycles. The highest BCUT2D eigenvalue weighted by molar-refractivity contribution is 8.76. The molecule has 5 atom stereocenters. The molecular weight excluding hydrogens is 1420 g/mol. The minimum Gasteiger partial charge on any atom is -0.370 e. The molecule has 2 aromatic rings. The van der Waals surface area contributed by atoms with E-state index in [-0.39, 0.29) is 97.8 Å². The Morgan fingerprint density at radius 1 is 0.752 bits per heavy atom. The van der Waals surface area contributed by atoms with Crippen molar-refractivity contribution >= 4 is 112 Å². The van der Waals surface area contributed by atoms with Gasteiger partial charge in [0.2, 0.25) is 41.1 Å². The van der Waals surface area contributed by atoms with Gasteiger partial charge in [-0.2, -0.15) is 21.4 Å². The summed E-state index contributed by atoms with van der Waals surface area (Å²) in [5.41, 5.74) is 28.2. The Balaban J connectivity index is 0.790. The van der Waals surface area contributed by atoms with Gasteiger partial charge in [-0.3, -0.25) is 52.5 Å². The number of anilines is 1. The summed E-state index contributed by atoms with van der Waals surface area (Å²) in [4.78, 5) is 119. The Kier molecular flexibility index (Phi) is 32.0. The van der Waals surface area contributed by atoms with Gasteiger partial charge in [-0.25, -0.2) is 0 Å². The minimum absolute atomic E-state index is 0.0335. The maximum atomic E-state index is 14.3. The molecule has 0 saturated carbocycles. The zero-order valence-corrected chi connectivity index (χ0v) is 64.9. The lowest BCUT2D eigenvalue weighted by atomic mass is 9.81. The molecule has 105 heavy (non-hydrogen) atoms. The topological polar surface area (TPSA) is 405 Å². The molecule has 3 saturated heterocycles. The molecule has 0 bridgehead atoms. The van der Waals surface area contributed by atoms with Crippen LogP contribution in [0.3, 0.4) is 0 Å². The van der Waals surface area contributed by atoms with Gasteiger partial charge in [0, 0.05) is 124 Å². The molecule has 27 nitrogen and oxygen atoms in total. The molecule has 0 radical (unpaired) electrons. The van der Waals surface area contributed by atoms with Crippen molar-refractivity contribution in [3.05, 3.63) is 101 Å². The van der Waals surface area contributed by atoms with Crippen LogP contribution < -0.4 is 38.5 Å². The highest BCUT2D eigenvalue weighted by atomic mass is 33.1. The van der Waals surface area contributed by atoms with E-state index in [1.165, 1.54) is 31.6 Å². The average Bonchev–Trinajstić information content (AvgIpc) is 1.59. The van der Waals surface area contributed by atoms with Crippen molar-refractivity contribution in [1.29, 1.82) is 0 Å². The van der Waals surface area contributed by atoms with Crippen LogP contribution in [0.15, 0.2) is 94.5 Å². The molecule has 578 valence electrons. The maximum Gasteiger partial charge on any atom is 0.294 e. The summed E-state index contributed by atoms with van der Waals surface area (Å²) >= 11 is 0. The molecule has 7 rings (SSSR count). The second-order valence-corrected chi connectivity index (χ2v) is 34.4. The monoisotopic (exact) mass is 1530 g/mol. The summed E-state index contributed by atoms with van der Waals surface area (Å²) in [5.74, 6) is -2.65. The van der Waals surface area contributed by atoms with Gasteiger partial charge in [-0.05, 0) is 146 Å². The number of carbonyl (C=O) groups excluding carboxylic acids is 8. The van der Waals surface area contributed by atoms with Gasteiger partial charge in [-0.1, -0.05) is 84.9 Å². The number of rotatable bonds is 42. The highest BCUT2D eigenvalue weighted by Gasteiger charge is 2.47. The van der Waals surface area contributed by atoms with E-state index in [2.05, 4.69) is 69.0 Å². The van der Waals surface area contributed by atoms with Crippen molar-refractivity contribution < 1.29 is 68.9 Å². The van der Waals surface area contributed by atoms with Crippen LogP contribution in [-0.4, -0.2) is 216 Å². The SMILES string of the molecule is CCC[N+]1=C(C=CC=CC=CC=C2N(CCCS(=O)(=O)O)c3ccc(CN(C)CCCC(=O)CCCCSSC[C@H](CC(=O)CCCNC(=O)[C@@H]4CCCN4C(=O)[C@@H]4CCCN4C(=O)[C@H](CCCN=C(N)N)NC(=O)[C@@H]4CCCN4C(=O)CN)C(N)=O)cc3C2(C)C)C(C)(C)c2cc(S(=O)(=O)O)ccc21. The summed E-state index contributed by atoms with van der Waals surface area (Å²) in [6.07, 6.45) is 21.7. The second-order valence-electron chi connectivity index (χ2n) is 28.8. The zero-order chi connectivity index (χ0) is 76.8. The molecule has 12 N–H and O–H groups in total. The summed E-state index contributed by atoms with van der Waals surface area (Å²) < 4.78 is 69.1. The van der Waals surface area contributed by atoms with Gasteiger partial charge in [0.15, 0.2) is 11.7 Å². The molecule has 0 aromatic heterocycles. The molecule has 5 aliphatic rings. The Labute approximate surface area is 627 Å². The van der Waals surface area contributed by atoms with Crippen LogP contribution in [0.25, 0.3) is 0 Å². The Hall–Kier alpha value is -7.26. The number of Topliss-reactive ketones (excluding diaryl/α,β-unsaturated/α-hetero) is 2. The largest absolute Gasteiger partial charge is 0.370 e. The number of unbranched alkanes of at least 4 members (excludes halogenated alkanes) is 1. The van der Waals surface area contributed by atoms with Crippen LogP contribution in [0.4, 0.5) is 11.4 Å². The second kappa shape index (κ2) is 39.5. The van der Waals surface area contributed by atoms with E-state index in [9.17, 15) is 64.3 Å². The standard InChI is InChI=1S/C74H109N13O14S4/c1-7-37-83-60-34-32-55(105(99,100)101)47-57(60)74(4,5)64(83)29-11-9-8-10-12-30-65-73(2,3)56-45-51(31-33-59(56)84(65)42-21-44-104(96,97)98)49-82(6)38-17-24-53(88)22-13-14-43-102-103-50-52(67(76)91)46-54(89)23-15-35-79-68(92)61-26-19-40-86(61)71(95)63-28-20-41-87(63)70(94)58(25-16-36-80-72(77)78)81-69(93)62-27-18-39-85(62)66(90)48-75/h8-12,29-34,45,47,52,58,61-63H,7,13-28,35-44,46,48-50,75H2,1-6H3,(H9-,76,77,78,79,80,81,91,92,93,96,97,98,99,100,101)/p+1/t52-,58-,61-,62-,63-/m0/s1. The van der Waals surface area contributed by atoms with Crippen molar-refractivity contribution in [2.24, 2.45) is 33.8 Å². The third kappa shape index (κ3) is 23.9. The quantitative estimate of drug-likeness (QED) is 0.00707. The summed E-state index contributed by atoms with van der Waals surface area (Å²) in [5, 5.41) is 5.73. The van der Waals surface area contributed by atoms with E-state index in [0.717, 1.165) is 71.0 Å². The Morgan fingerprint density at radius 2 is 1.42 bits per heavy atom. The number of nitrogens with one attached hydrogen (secondary N) is 2. The molecule has 0 spiro atoms. The zero-order valence-electron chi connectivity index (χ0n) is 61.7. The first-order valence-electron chi connectivity index (χ1n) is 36.6. The maximum absolute atomic E-state index is 14.3. The fourth-order valence-electron chi connectivity index (χ4n) is 14.7. The van der Waals surface area contributed by atoms with Crippen LogP contribution in [-0.2, 0) is 76.0 Å². The van der Waals surface area contributed by atoms with E-state index in [1.54, 1.807) is 22.9 Å². The van der Waals surface area contributed by atoms with E-state index >= 15 is 0 Å². The van der Waals surface area contributed by atoms with Gasteiger partial charge < -0.3 is 58.1 Å². The van der Waals surface area contributed by atoms with Crippen LogP contribution in [0.5, 0.6) is 0 Å². The van der Waals surface area contributed by atoms with E-state index in [1.807, 2.05) is 63.4 Å². The predicted octanol–water partition coefficient (Wildman–Crippen LogP) is 6.11. The van der Waals surface area contributed by atoms with Crippen LogP contribution in [0, 0.1) is 5.92 Å². The molecule has 2 aromatic carbocycles. The number of benzene rings is 2. The molecular formula is C74H110N13O14S4+. The fourth-order valence-corrected chi connectivity index (χ4v) is 18.1. The summed E-state index contributed by atoms with van der Waals surface area (Å²) in [6.45, 7) is 13.9. The van der Waals surface area contributed by atoms with Crippen molar-refractivity contribution in [3.63, 3.8) is 0 Å². The van der Waals surface area contributed by atoms with Crippen LogP contribution in [0.2, 0.25) is 0 Å². The number of guanidine groups is 1. The molecule has 5 aliphatic heterocycles. The number of primary amides is 1. The number of amides is 6. The summed E-state index contributed by atoms with van der Waals surface area (Å²) in [7, 11) is -3.49. The average molecular weight is 1530 g/mol. The van der Waals surface area contributed by atoms with Crippen LogP contribution in [0.1, 0.15) is 167 Å². The van der Waals surface area contributed by atoms with E-state index in [0.29, 0.717) is 109 Å². The first-order valence-corrected chi connectivity index (χ1v) is 42.2. The number of allylic oxidation sites excluding steroid dienone is 8. The van der Waals surface area contributed by atoms with Gasteiger partial charge in [-0.15, -0.1) is 0 Å². The molecule has 3 fully saturated rings. The highest BCUT2D eigenvalue weighted by Crippen LogP contribution is 2.48. The molecule has 6 amide bonds. The lowest BCUT2D eigenvalue weighted by Gasteiger charge is -2.33. The number of ketones is 2. The van der Waals surface area contributed by atoms with Gasteiger partial charge in [0.25, 0.3) is 20.2 Å². The van der Waals surface area contributed by atoms with E-state index in [4.69, 9.17) is 22.9 Å². The number of aliphatic imine (C=N–C) groups is 1. The first-order chi connectivity index (χ1) is 49.8. The van der Waals surface area contributed by atoms with Crippen molar-refractivity contribution in [3.8, 4) is 0 Å². The van der Waals surface area contributed by atoms with Gasteiger partial charge >= 0.3 is 0 Å². The number of likely N-dealkylation sites (tertiary alicyclic amines) is 3. The van der Waals surface area contributed by atoms with Crippen molar-refractivity contribution in [2.75, 3.05) is 88.1 Å². The molecule has 31 heteroatoms. The Bertz CT molecular complexity index is 3890. The number of hydrogen-bond donors (Lipinski definition) is 8. The number of fused-ring (bicyclic) bond motifs is 2. The normalized spacial score (nSPS) is 19.5. The first kappa shape index (κ1) is 85.0. The van der Waals surface area contributed by atoms with Crippen LogP contribution >= 0.6 is 21.6 Å².